The Kier molecular flexibility index (Phi) is 4.78. The number of fused-ring (bicyclic) bond motifs is 1. The molecular formula is C17H22N2O5. The third-order valence-electron chi connectivity index (χ3n) is 4.17. The van der Waals surface area contributed by atoms with Gasteiger partial charge in [0.05, 0.1) is 12.5 Å². The molecule has 3 rings (SSSR count). The van der Waals surface area contributed by atoms with Crippen LogP contribution in [0.5, 0.6) is 17.2 Å². The minimum atomic E-state index is -0.273. The third kappa shape index (κ3) is 3.55. The van der Waals surface area contributed by atoms with Crippen molar-refractivity contribution in [2.75, 3.05) is 26.5 Å². The maximum absolute atomic E-state index is 12.1. The van der Waals surface area contributed by atoms with Gasteiger partial charge in [-0.25, -0.2) is 0 Å². The molecule has 130 valence electrons. The van der Waals surface area contributed by atoms with Crippen LogP contribution in [0.25, 0.3) is 0 Å². The average Bonchev–Trinajstić information content (AvgIpc) is 3.17. The van der Waals surface area contributed by atoms with E-state index in [0.29, 0.717) is 36.9 Å². The SMILES string of the molecule is CC(C)N1C[C@@H](C(=O)NCCOc2ccc3c(c2)OCO3)CC1=O. The number of likely N-dealkylation sites (tertiary alicyclic amines) is 1. The molecule has 1 saturated heterocycles. The zero-order valence-electron chi connectivity index (χ0n) is 13.9. The van der Waals surface area contributed by atoms with Gasteiger partial charge in [-0.2, -0.15) is 0 Å². The van der Waals surface area contributed by atoms with Crippen LogP contribution in [0.4, 0.5) is 0 Å². The summed E-state index contributed by atoms with van der Waals surface area (Å²) in [5, 5.41) is 2.83. The Morgan fingerprint density at radius 2 is 2.17 bits per heavy atom. The molecular weight excluding hydrogens is 312 g/mol. The molecule has 0 radical (unpaired) electrons. The molecule has 1 N–H and O–H groups in total. The largest absolute Gasteiger partial charge is 0.492 e. The fourth-order valence-electron chi connectivity index (χ4n) is 2.86. The highest BCUT2D eigenvalue weighted by atomic mass is 16.7. The Bertz CT molecular complexity index is 631. The molecule has 7 nitrogen and oxygen atoms in total. The van der Waals surface area contributed by atoms with Gasteiger partial charge in [0.15, 0.2) is 11.5 Å². The number of nitrogens with zero attached hydrogens (tertiary/aromatic N) is 1. The quantitative estimate of drug-likeness (QED) is 0.790. The lowest BCUT2D eigenvalue weighted by Crippen LogP contribution is -2.36. The van der Waals surface area contributed by atoms with Gasteiger partial charge in [-0.05, 0) is 26.0 Å². The van der Waals surface area contributed by atoms with Crippen molar-refractivity contribution in [2.24, 2.45) is 5.92 Å². The molecule has 7 heteroatoms. The van der Waals surface area contributed by atoms with Gasteiger partial charge >= 0.3 is 0 Å². The van der Waals surface area contributed by atoms with Crippen molar-refractivity contribution in [3.05, 3.63) is 18.2 Å². The second-order valence-corrected chi connectivity index (χ2v) is 6.20. The summed E-state index contributed by atoms with van der Waals surface area (Å²) < 4.78 is 16.1. The molecule has 0 spiro atoms. The first-order chi connectivity index (χ1) is 11.5. The number of rotatable bonds is 6. The van der Waals surface area contributed by atoms with Crippen molar-refractivity contribution >= 4 is 11.8 Å². The van der Waals surface area contributed by atoms with E-state index in [-0.39, 0.29) is 37.0 Å². The predicted molar refractivity (Wildman–Crippen MR) is 86.0 cm³/mol. The molecule has 24 heavy (non-hydrogen) atoms. The van der Waals surface area contributed by atoms with E-state index in [9.17, 15) is 9.59 Å². The topological polar surface area (TPSA) is 77.1 Å². The zero-order chi connectivity index (χ0) is 17.1. The first-order valence-corrected chi connectivity index (χ1v) is 8.14. The predicted octanol–water partition coefficient (Wildman–Crippen LogP) is 1.17. The fraction of sp³-hybridized carbons (Fsp3) is 0.529. The van der Waals surface area contributed by atoms with E-state index in [0.717, 1.165) is 0 Å². The van der Waals surface area contributed by atoms with Gasteiger partial charge < -0.3 is 24.4 Å². The summed E-state index contributed by atoms with van der Waals surface area (Å²) in [5.41, 5.74) is 0. The van der Waals surface area contributed by atoms with Crippen LogP contribution in [0.2, 0.25) is 0 Å². The van der Waals surface area contributed by atoms with Crippen molar-refractivity contribution < 1.29 is 23.8 Å². The molecule has 2 heterocycles. The number of hydrogen-bond donors (Lipinski definition) is 1. The lowest BCUT2D eigenvalue weighted by molar-refractivity contribution is -0.129. The summed E-state index contributed by atoms with van der Waals surface area (Å²) in [4.78, 5) is 25.7. The standard InChI is InChI=1S/C17H22N2O5/c1-11(2)19-9-12(7-16(19)20)17(21)18-5-6-22-13-3-4-14-15(8-13)24-10-23-14/h3-4,8,11-12H,5-7,9-10H2,1-2H3,(H,18,21)/t12-/m0/s1. The van der Waals surface area contributed by atoms with Crippen LogP contribution in [0.1, 0.15) is 20.3 Å². The van der Waals surface area contributed by atoms with Crippen LogP contribution in [-0.4, -0.2) is 49.2 Å². The second kappa shape index (κ2) is 6.98. The Morgan fingerprint density at radius 1 is 1.38 bits per heavy atom. The summed E-state index contributed by atoms with van der Waals surface area (Å²) in [7, 11) is 0. The van der Waals surface area contributed by atoms with E-state index >= 15 is 0 Å². The molecule has 0 aliphatic carbocycles. The Labute approximate surface area is 140 Å². The molecule has 1 fully saturated rings. The minimum absolute atomic E-state index is 0.0433. The number of amides is 2. The summed E-state index contributed by atoms with van der Waals surface area (Å²) in [6, 6.07) is 5.48. The van der Waals surface area contributed by atoms with Crippen LogP contribution in [0.3, 0.4) is 0 Å². The van der Waals surface area contributed by atoms with Crippen LogP contribution in [-0.2, 0) is 9.59 Å². The van der Waals surface area contributed by atoms with E-state index in [1.807, 2.05) is 13.8 Å². The van der Waals surface area contributed by atoms with Crippen molar-refractivity contribution in [1.29, 1.82) is 0 Å². The summed E-state index contributed by atoms with van der Waals surface area (Å²) in [6.07, 6.45) is 0.285. The third-order valence-corrected chi connectivity index (χ3v) is 4.17. The molecule has 1 aromatic carbocycles. The molecule has 0 saturated carbocycles. The van der Waals surface area contributed by atoms with Gasteiger partial charge in [-0.3, -0.25) is 9.59 Å². The number of hydrogen-bond acceptors (Lipinski definition) is 5. The first-order valence-electron chi connectivity index (χ1n) is 8.14. The molecule has 1 atom stereocenters. The number of benzene rings is 1. The van der Waals surface area contributed by atoms with Crippen molar-refractivity contribution in [2.45, 2.75) is 26.3 Å². The van der Waals surface area contributed by atoms with E-state index in [1.54, 1.807) is 23.1 Å². The van der Waals surface area contributed by atoms with Crippen molar-refractivity contribution in [1.82, 2.24) is 10.2 Å². The van der Waals surface area contributed by atoms with Gasteiger partial charge in [-0.15, -0.1) is 0 Å². The smallest absolute Gasteiger partial charge is 0.231 e. The molecule has 0 aromatic heterocycles. The molecule has 2 aliphatic heterocycles. The summed E-state index contributed by atoms with van der Waals surface area (Å²) in [6.45, 7) is 5.36. The van der Waals surface area contributed by atoms with Gasteiger partial charge in [-0.1, -0.05) is 0 Å². The number of carbonyl (C=O) groups is 2. The van der Waals surface area contributed by atoms with Crippen LogP contribution < -0.4 is 19.5 Å². The second-order valence-electron chi connectivity index (χ2n) is 6.20. The maximum atomic E-state index is 12.1. The van der Waals surface area contributed by atoms with E-state index in [2.05, 4.69) is 5.32 Å². The normalized spacial score (nSPS) is 19.0. The number of carbonyl (C=O) groups excluding carboxylic acids is 2. The van der Waals surface area contributed by atoms with Gasteiger partial charge in [0.2, 0.25) is 18.6 Å². The average molecular weight is 334 g/mol. The fourth-order valence-corrected chi connectivity index (χ4v) is 2.86. The van der Waals surface area contributed by atoms with Gasteiger partial charge in [0, 0.05) is 25.1 Å². The molecule has 0 bridgehead atoms. The molecule has 2 aliphatic rings. The highest BCUT2D eigenvalue weighted by Crippen LogP contribution is 2.34. The Hall–Kier alpha value is -2.44. The van der Waals surface area contributed by atoms with Crippen LogP contribution in [0, 0.1) is 5.92 Å². The summed E-state index contributed by atoms with van der Waals surface area (Å²) in [5.74, 6) is 1.70. The highest BCUT2D eigenvalue weighted by Gasteiger charge is 2.35. The molecule has 1 aromatic rings. The Morgan fingerprint density at radius 3 is 2.92 bits per heavy atom. The minimum Gasteiger partial charge on any atom is -0.492 e. The maximum Gasteiger partial charge on any atom is 0.231 e. The summed E-state index contributed by atoms with van der Waals surface area (Å²) >= 11 is 0. The Balaban J connectivity index is 1.40. The molecule has 0 unspecified atom stereocenters. The van der Waals surface area contributed by atoms with E-state index in [1.165, 1.54) is 0 Å². The van der Waals surface area contributed by atoms with Crippen molar-refractivity contribution in [3.63, 3.8) is 0 Å². The lowest BCUT2D eigenvalue weighted by Gasteiger charge is -2.20. The number of ether oxygens (including phenoxy) is 3. The zero-order valence-corrected chi connectivity index (χ0v) is 13.9. The van der Waals surface area contributed by atoms with E-state index in [4.69, 9.17) is 14.2 Å². The van der Waals surface area contributed by atoms with E-state index < -0.39 is 0 Å². The first kappa shape index (κ1) is 16.4. The highest BCUT2D eigenvalue weighted by molar-refractivity contribution is 5.89. The monoisotopic (exact) mass is 334 g/mol. The van der Waals surface area contributed by atoms with Crippen LogP contribution >= 0.6 is 0 Å². The van der Waals surface area contributed by atoms with Gasteiger partial charge in [0.25, 0.3) is 0 Å². The van der Waals surface area contributed by atoms with Crippen LogP contribution in [0.15, 0.2) is 18.2 Å². The number of nitrogens with one attached hydrogen (secondary N) is 1. The van der Waals surface area contributed by atoms with Gasteiger partial charge in [0.1, 0.15) is 12.4 Å². The lowest BCUT2D eigenvalue weighted by atomic mass is 10.1. The molecule has 2 amide bonds. The van der Waals surface area contributed by atoms with Crippen molar-refractivity contribution in [3.8, 4) is 17.2 Å².